The normalized spacial score (nSPS) is 22.7. The quantitative estimate of drug-likeness (QED) is 0.439. The second-order valence-corrected chi connectivity index (χ2v) is 8.77. The van der Waals surface area contributed by atoms with Crippen LogP contribution in [0, 0.1) is 11.8 Å². The first-order valence-electron chi connectivity index (χ1n) is 10.6. The van der Waals surface area contributed by atoms with E-state index in [0.29, 0.717) is 5.91 Å². The predicted octanol–water partition coefficient (Wildman–Crippen LogP) is 5.59. The van der Waals surface area contributed by atoms with E-state index in [1.54, 1.807) is 0 Å². The number of unbranched alkanes of at least 4 members (excludes halogenated alkanes) is 2. The highest BCUT2D eigenvalue weighted by Crippen LogP contribution is 2.36. The highest BCUT2D eigenvalue weighted by atomic mass is 32.1. The van der Waals surface area contributed by atoms with Crippen molar-refractivity contribution >= 4 is 23.0 Å². The summed E-state index contributed by atoms with van der Waals surface area (Å²) in [7, 11) is 0. The smallest absolute Gasteiger partial charge is 0.222 e. The van der Waals surface area contributed by atoms with Crippen LogP contribution in [0.1, 0.15) is 69.8 Å². The van der Waals surface area contributed by atoms with Gasteiger partial charge in [0.1, 0.15) is 0 Å². The summed E-state index contributed by atoms with van der Waals surface area (Å²) in [5.41, 5.74) is 1.30. The minimum atomic E-state index is 0.390. The third-order valence-corrected chi connectivity index (χ3v) is 6.58. The topological polar surface area (TPSA) is 20.3 Å². The monoisotopic (exact) mass is 371 g/mol. The van der Waals surface area contributed by atoms with Gasteiger partial charge >= 0.3 is 0 Å². The molecule has 1 saturated carbocycles. The van der Waals surface area contributed by atoms with Crippen molar-refractivity contribution in [3.05, 3.63) is 35.9 Å². The van der Waals surface area contributed by atoms with Gasteiger partial charge in [0.2, 0.25) is 5.91 Å². The van der Waals surface area contributed by atoms with Crippen LogP contribution >= 0.6 is 12.2 Å². The Kier molecular flexibility index (Phi) is 7.67. The Bertz CT molecular complexity index is 585. The zero-order valence-corrected chi connectivity index (χ0v) is 16.8. The number of amides is 1. The molecule has 3 heteroatoms. The van der Waals surface area contributed by atoms with E-state index in [-0.39, 0.29) is 0 Å². The fourth-order valence-corrected chi connectivity index (χ4v) is 4.98. The van der Waals surface area contributed by atoms with Crippen molar-refractivity contribution in [3.63, 3.8) is 0 Å². The molecule has 1 aliphatic heterocycles. The number of carbonyl (C=O) groups is 1. The molecule has 2 aliphatic rings. The number of hydrogen-bond acceptors (Lipinski definition) is 2. The lowest BCUT2D eigenvalue weighted by atomic mass is 9.75. The summed E-state index contributed by atoms with van der Waals surface area (Å²) in [6, 6.07) is 10.5. The SMILES string of the molecule is O=C(CCCCCC(=S)Cc1ccccc1)N1CCC2CCCCC2C1. The summed E-state index contributed by atoms with van der Waals surface area (Å²) >= 11 is 5.52. The number of piperidine rings is 1. The molecule has 0 bridgehead atoms. The zero-order chi connectivity index (χ0) is 18.2. The lowest BCUT2D eigenvalue weighted by molar-refractivity contribution is -0.134. The molecule has 1 aromatic carbocycles. The Labute approximate surface area is 164 Å². The van der Waals surface area contributed by atoms with Crippen LogP contribution in [-0.4, -0.2) is 28.8 Å². The van der Waals surface area contributed by atoms with Crippen LogP contribution in [0.15, 0.2) is 30.3 Å². The lowest BCUT2D eigenvalue weighted by Gasteiger charge is -2.41. The van der Waals surface area contributed by atoms with Crippen LogP contribution in [-0.2, 0) is 11.2 Å². The van der Waals surface area contributed by atoms with Crippen molar-refractivity contribution in [2.45, 2.75) is 70.6 Å². The van der Waals surface area contributed by atoms with Crippen molar-refractivity contribution < 1.29 is 4.79 Å². The molecule has 0 radical (unpaired) electrons. The summed E-state index contributed by atoms with van der Waals surface area (Å²) in [6.07, 6.45) is 12.6. The maximum Gasteiger partial charge on any atom is 0.222 e. The molecule has 2 nitrogen and oxygen atoms in total. The largest absolute Gasteiger partial charge is 0.342 e. The Hall–Kier alpha value is -1.22. The lowest BCUT2D eigenvalue weighted by Crippen LogP contribution is -2.44. The van der Waals surface area contributed by atoms with Gasteiger partial charge in [0, 0.05) is 25.9 Å². The van der Waals surface area contributed by atoms with Gasteiger partial charge in [-0.05, 0) is 54.4 Å². The second kappa shape index (κ2) is 10.2. The molecule has 26 heavy (non-hydrogen) atoms. The number of thiocarbonyl (C=S) groups is 1. The molecule has 0 aromatic heterocycles. The molecule has 1 saturated heterocycles. The van der Waals surface area contributed by atoms with E-state index in [9.17, 15) is 4.79 Å². The predicted molar refractivity (Wildman–Crippen MR) is 112 cm³/mol. The molecule has 1 aliphatic carbocycles. The van der Waals surface area contributed by atoms with Gasteiger partial charge in [-0.1, -0.05) is 68.2 Å². The third kappa shape index (κ3) is 5.90. The first-order valence-corrected chi connectivity index (χ1v) is 11.0. The third-order valence-electron chi connectivity index (χ3n) is 6.23. The maximum atomic E-state index is 12.5. The summed E-state index contributed by atoms with van der Waals surface area (Å²) in [4.78, 5) is 15.8. The van der Waals surface area contributed by atoms with E-state index in [1.807, 2.05) is 6.07 Å². The average Bonchev–Trinajstić information content (AvgIpc) is 2.68. The molecule has 0 N–H and O–H groups in total. The zero-order valence-electron chi connectivity index (χ0n) is 16.0. The van der Waals surface area contributed by atoms with Crippen LogP contribution in [0.4, 0.5) is 0 Å². The van der Waals surface area contributed by atoms with Gasteiger partial charge in [0.25, 0.3) is 0 Å². The van der Waals surface area contributed by atoms with Gasteiger partial charge in [-0.2, -0.15) is 0 Å². The van der Waals surface area contributed by atoms with Gasteiger partial charge in [0.05, 0.1) is 0 Å². The van der Waals surface area contributed by atoms with Crippen LogP contribution in [0.5, 0.6) is 0 Å². The van der Waals surface area contributed by atoms with Crippen LogP contribution in [0.25, 0.3) is 0 Å². The molecule has 2 atom stereocenters. The number of benzene rings is 1. The summed E-state index contributed by atoms with van der Waals surface area (Å²) in [5, 5.41) is 0. The molecule has 2 unspecified atom stereocenters. The Morgan fingerprint density at radius 2 is 1.69 bits per heavy atom. The van der Waals surface area contributed by atoms with Crippen molar-refractivity contribution in [2.24, 2.45) is 11.8 Å². The second-order valence-electron chi connectivity index (χ2n) is 8.19. The summed E-state index contributed by atoms with van der Waals surface area (Å²) < 4.78 is 0. The molecule has 1 amide bonds. The molecule has 142 valence electrons. The van der Waals surface area contributed by atoms with Gasteiger partial charge in [-0.15, -0.1) is 0 Å². The van der Waals surface area contributed by atoms with Crippen molar-refractivity contribution in [1.82, 2.24) is 4.90 Å². The Morgan fingerprint density at radius 3 is 2.50 bits per heavy atom. The number of carbonyl (C=O) groups excluding carboxylic acids is 1. The fraction of sp³-hybridized carbons (Fsp3) is 0.652. The van der Waals surface area contributed by atoms with Crippen molar-refractivity contribution in [1.29, 1.82) is 0 Å². The molecule has 1 aromatic rings. The average molecular weight is 372 g/mol. The van der Waals surface area contributed by atoms with E-state index < -0.39 is 0 Å². The van der Waals surface area contributed by atoms with Crippen LogP contribution < -0.4 is 0 Å². The number of fused-ring (bicyclic) bond motifs is 1. The fourth-order valence-electron chi connectivity index (χ4n) is 4.67. The molecule has 1 heterocycles. The molecular weight excluding hydrogens is 338 g/mol. The summed E-state index contributed by atoms with van der Waals surface area (Å²) in [6.45, 7) is 2.03. The number of likely N-dealkylation sites (tertiary alicyclic amines) is 1. The van der Waals surface area contributed by atoms with Crippen LogP contribution in [0.2, 0.25) is 0 Å². The molecule has 3 rings (SSSR count). The van der Waals surface area contributed by atoms with E-state index in [1.165, 1.54) is 37.7 Å². The first-order chi connectivity index (χ1) is 12.7. The number of nitrogens with zero attached hydrogens (tertiary/aromatic N) is 1. The minimum absolute atomic E-state index is 0.390. The number of rotatable bonds is 8. The number of hydrogen-bond donors (Lipinski definition) is 0. The molecule has 2 fully saturated rings. The summed E-state index contributed by atoms with van der Waals surface area (Å²) in [5.74, 6) is 2.08. The van der Waals surface area contributed by atoms with E-state index in [0.717, 1.165) is 68.3 Å². The minimum Gasteiger partial charge on any atom is -0.342 e. The highest BCUT2D eigenvalue weighted by Gasteiger charge is 2.32. The molecular formula is C23H33NOS. The first kappa shape index (κ1) is 19.5. The highest BCUT2D eigenvalue weighted by molar-refractivity contribution is 7.80. The van der Waals surface area contributed by atoms with Crippen molar-refractivity contribution in [3.8, 4) is 0 Å². The van der Waals surface area contributed by atoms with E-state index in [4.69, 9.17) is 12.2 Å². The maximum absolute atomic E-state index is 12.5. The van der Waals surface area contributed by atoms with Crippen molar-refractivity contribution in [2.75, 3.05) is 13.1 Å². The van der Waals surface area contributed by atoms with E-state index in [2.05, 4.69) is 29.2 Å². The van der Waals surface area contributed by atoms with Crippen LogP contribution in [0.3, 0.4) is 0 Å². The van der Waals surface area contributed by atoms with Gasteiger partial charge in [0.15, 0.2) is 0 Å². The Balaban J connectivity index is 1.27. The van der Waals surface area contributed by atoms with Gasteiger partial charge in [-0.3, -0.25) is 4.79 Å². The molecule has 0 spiro atoms. The standard InChI is InChI=1S/C23H33NOS/c25-23(24-16-15-20-11-7-8-12-21(20)18-24)14-6-2-5-13-22(26)17-19-9-3-1-4-10-19/h1,3-4,9-10,20-21H,2,5-8,11-18H2. The van der Waals surface area contributed by atoms with E-state index >= 15 is 0 Å². The Morgan fingerprint density at radius 1 is 0.962 bits per heavy atom. The van der Waals surface area contributed by atoms with Gasteiger partial charge in [-0.25, -0.2) is 0 Å². The van der Waals surface area contributed by atoms with Gasteiger partial charge < -0.3 is 4.90 Å².